The molecule has 0 bridgehead atoms. The van der Waals surface area contributed by atoms with Crippen LogP contribution in [0.15, 0.2) is 65.8 Å². The number of amides is 1. The number of carbonyl (C=O) groups excluding carboxylic acids is 1. The quantitative estimate of drug-likeness (QED) is 0.652. The first-order valence-electron chi connectivity index (χ1n) is 9.28. The Labute approximate surface area is 169 Å². The van der Waals surface area contributed by atoms with Crippen LogP contribution in [0, 0.1) is 6.92 Å². The summed E-state index contributed by atoms with van der Waals surface area (Å²) in [5, 5.41) is 4.46. The van der Waals surface area contributed by atoms with Gasteiger partial charge in [0.15, 0.2) is 5.69 Å². The molecule has 3 heterocycles. The number of hydrogen-bond acceptors (Lipinski definition) is 5. The molecular formula is C20H21N5O3S. The summed E-state index contributed by atoms with van der Waals surface area (Å²) < 4.78 is 28.5. The van der Waals surface area contributed by atoms with Crippen LogP contribution in [0.4, 0.5) is 0 Å². The maximum atomic E-state index is 12.9. The first-order valence-corrected chi connectivity index (χ1v) is 10.7. The minimum Gasteiger partial charge on any atom is -0.335 e. The van der Waals surface area contributed by atoms with E-state index in [9.17, 15) is 13.2 Å². The fraction of sp³-hybridized carbons (Fsp3) is 0.250. The average Bonchev–Trinajstić information content (AvgIpc) is 3.16. The minimum atomic E-state index is -3.60. The third kappa shape index (κ3) is 3.79. The molecule has 1 aliphatic rings. The number of aryl methyl sites for hydroxylation is 1. The van der Waals surface area contributed by atoms with Crippen molar-refractivity contribution in [3.63, 3.8) is 0 Å². The molecule has 0 aliphatic carbocycles. The number of sulfonamides is 1. The molecule has 4 rings (SSSR count). The number of para-hydroxylation sites is 1. The van der Waals surface area contributed by atoms with Crippen molar-refractivity contribution >= 4 is 15.9 Å². The molecule has 0 spiro atoms. The van der Waals surface area contributed by atoms with Crippen LogP contribution in [0.3, 0.4) is 0 Å². The van der Waals surface area contributed by atoms with Gasteiger partial charge in [0.25, 0.3) is 5.91 Å². The minimum absolute atomic E-state index is 0.164. The van der Waals surface area contributed by atoms with Gasteiger partial charge in [0.05, 0.1) is 5.69 Å². The van der Waals surface area contributed by atoms with Gasteiger partial charge in [0, 0.05) is 44.3 Å². The standard InChI is InChI=1S/C20H21N5O3S/c1-16-14-19(22-25(16)17-6-3-2-4-7-17)20(26)23-10-12-24(13-11-23)29(27,28)18-8-5-9-21-15-18/h2-9,14-15H,10-13H2,1H3. The molecule has 9 heteroatoms. The Hall–Kier alpha value is -3.04. The summed E-state index contributed by atoms with van der Waals surface area (Å²) in [7, 11) is -3.60. The van der Waals surface area contributed by atoms with Gasteiger partial charge in [0.1, 0.15) is 4.90 Å². The van der Waals surface area contributed by atoms with Gasteiger partial charge in [-0.15, -0.1) is 0 Å². The van der Waals surface area contributed by atoms with E-state index < -0.39 is 10.0 Å². The summed E-state index contributed by atoms with van der Waals surface area (Å²) in [6, 6.07) is 14.5. The van der Waals surface area contributed by atoms with Gasteiger partial charge in [-0.05, 0) is 37.3 Å². The Morgan fingerprint density at radius 1 is 1.00 bits per heavy atom. The number of nitrogens with zero attached hydrogens (tertiary/aromatic N) is 5. The van der Waals surface area contributed by atoms with Crippen molar-refractivity contribution in [2.75, 3.05) is 26.2 Å². The number of aromatic nitrogens is 3. The van der Waals surface area contributed by atoms with E-state index in [2.05, 4.69) is 10.1 Å². The second-order valence-electron chi connectivity index (χ2n) is 6.80. The zero-order valence-corrected chi connectivity index (χ0v) is 16.8. The monoisotopic (exact) mass is 411 g/mol. The zero-order valence-electron chi connectivity index (χ0n) is 16.0. The van der Waals surface area contributed by atoms with Crippen LogP contribution < -0.4 is 0 Å². The molecule has 0 saturated carbocycles. The average molecular weight is 411 g/mol. The van der Waals surface area contributed by atoms with Crippen LogP contribution in [0.1, 0.15) is 16.2 Å². The van der Waals surface area contributed by atoms with E-state index in [0.29, 0.717) is 18.8 Å². The smallest absolute Gasteiger partial charge is 0.274 e. The number of rotatable bonds is 4. The molecule has 8 nitrogen and oxygen atoms in total. The van der Waals surface area contributed by atoms with Gasteiger partial charge >= 0.3 is 0 Å². The molecule has 1 aliphatic heterocycles. The lowest BCUT2D eigenvalue weighted by Gasteiger charge is -2.33. The van der Waals surface area contributed by atoms with Crippen LogP contribution >= 0.6 is 0 Å². The Balaban J connectivity index is 1.46. The maximum absolute atomic E-state index is 12.9. The number of carbonyl (C=O) groups is 1. The number of piperazine rings is 1. The van der Waals surface area contributed by atoms with Crippen molar-refractivity contribution in [3.05, 3.63) is 72.3 Å². The van der Waals surface area contributed by atoms with Crippen molar-refractivity contribution in [2.45, 2.75) is 11.8 Å². The Morgan fingerprint density at radius 2 is 1.72 bits per heavy atom. The topological polar surface area (TPSA) is 88.4 Å². The van der Waals surface area contributed by atoms with Crippen LogP contribution in [0.25, 0.3) is 5.69 Å². The molecule has 1 saturated heterocycles. The molecule has 1 fully saturated rings. The van der Waals surface area contributed by atoms with Gasteiger partial charge in [-0.1, -0.05) is 18.2 Å². The third-order valence-electron chi connectivity index (χ3n) is 4.91. The predicted octanol–water partition coefficient (Wildman–Crippen LogP) is 1.72. The molecule has 0 N–H and O–H groups in total. The number of pyridine rings is 1. The van der Waals surface area contributed by atoms with Gasteiger partial charge in [-0.25, -0.2) is 13.1 Å². The summed E-state index contributed by atoms with van der Waals surface area (Å²) in [5.74, 6) is -0.193. The highest BCUT2D eigenvalue weighted by Gasteiger charge is 2.31. The molecule has 150 valence electrons. The highest BCUT2D eigenvalue weighted by Crippen LogP contribution is 2.18. The molecule has 1 amide bonds. The van der Waals surface area contributed by atoms with E-state index >= 15 is 0 Å². The lowest BCUT2D eigenvalue weighted by Crippen LogP contribution is -2.50. The van der Waals surface area contributed by atoms with Crippen molar-refractivity contribution in [1.29, 1.82) is 0 Å². The summed E-state index contributed by atoms with van der Waals surface area (Å²) in [5.41, 5.74) is 2.10. The summed E-state index contributed by atoms with van der Waals surface area (Å²) >= 11 is 0. The van der Waals surface area contributed by atoms with Crippen LogP contribution in [-0.4, -0.2) is 64.5 Å². The normalized spacial score (nSPS) is 15.4. The van der Waals surface area contributed by atoms with Crippen LogP contribution in [0.5, 0.6) is 0 Å². The van der Waals surface area contributed by atoms with Crippen molar-refractivity contribution in [2.24, 2.45) is 0 Å². The Kier molecular flexibility index (Phi) is 5.16. The van der Waals surface area contributed by atoms with Crippen molar-refractivity contribution in [1.82, 2.24) is 24.0 Å². The lowest BCUT2D eigenvalue weighted by atomic mass is 10.3. The van der Waals surface area contributed by atoms with E-state index in [4.69, 9.17) is 0 Å². The van der Waals surface area contributed by atoms with E-state index in [1.807, 2.05) is 37.3 Å². The summed E-state index contributed by atoms with van der Waals surface area (Å²) in [6.07, 6.45) is 2.87. The lowest BCUT2D eigenvalue weighted by molar-refractivity contribution is 0.0691. The Morgan fingerprint density at radius 3 is 2.38 bits per heavy atom. The van der Waals surface area contributed by atoms with E-state index in [0.717, 1.165) is 11.4 Å². The highest BCUT2D eigenvalue weighted by atomic mass is 32.2. The molecule has 3 aromatic rings. The van der Waals surface area contributed by atoms with Gasteiger partial charge in [-0.3, -0.25) is 9.78 Å². The Bertz CT molecular complexity index is 1110. The first-order chi connectivity index (χ1) is 14.0. The maximum Gasteiger partial charge on any atom is 0.274 e. The van der Waals surface area contributed by atoms with Gasteiger partial charge in [0.2, 0.25) is 10.0 Å². The summed E-state index contributed by atoms with van der Waals surface area (Å²) in [4.78, 5) is 18.6. The van der Waals surface area contributed by atoms with E-state index in [-0.39, 0.29) is 23.9 Å². The summed E-state index contributed by atoms with van der Waals surface area (Å²) in [6.45, 7) is 3.00. The predicted molar refractivity (Wildman–Crippen MR) is 107 cm³/mol. The third-order valence-corrected chi connectivity index (χ3v) is 6.79. The molecule has 0 radical (unpaired) electrons. The fourth-order valence-corrected chi connectivity index (χ4v) is 4.74. The SMILES string of the molecule is Cc1cc(C(=O)N2CCN(S(=O)(=O)c3cccnc3)CC2)nn1-c1ccccc1. The molecular weight excluding hydrogens is 390 g/mol. The number of hydrogen-bond donors (Lipinski definition) is 0. The molecule has 2 aromatic heterocycles. The van der Waals surface area contributed by atoms with Crippen molar-refractivity contribution < 1.29 is 13.2 Å². The molecule has 0 atom stereocenters. The van der Waals surface area contributed by atoms with Crippen LogP contribution in [0.2, 0.25) is 0 Å². The van der Waals surface area contributed by atoms with Crippen molar-refractivity contribution in [3.8, 4) is 5.69 Å². The van der Waals surface area contributed by atoms with Crippen LogP contribution in [-0.2, 0) is 10.0 Å². The first kappa shape index (κ1) is 19.3. The second-order valence-corrected chi connectivity index (χ2v) is 8.74. The molecule has 1 aromatic carbocycles. The van der Waals surface area contributed by atoms with E-state index in [1.54, 1.807) is 21.7 Å². The largest absolute Gasteiger partial charge is 0.335 e. The second kappa shape index (κ2) is 7.76. The number of benzene rings is 1. The molecule has 0 unspecified atom stereocenters. The zero-order chi connectivity index (χ0) is 20.4. The fourth-order valence-electron chi connectivity index (χ4n) is 3.35. The van der Waals surface area contributed by atoms with Gasteiger partial charge in [-0.2, -0.15) is 9.40 Å². The molecule has 29 heavy (non-hydrogen) atoms. The highest BCUT2D eigenvalue weighted by molar-refractivity contribution is 7.89. The van der Waals surface area contributed by atoms with Gasteiger partial charge < -0.3 is 4.90 Å². The van der Waals surface area contributed by atoms with E-state index in [1.165, 1.54) is 22.8 Å².